The molecule has 0 aromatic heterocycles. The van der Waals surface area contributed by atoms with Gasteiger partial charge >= 0.3 is 0 Å². The molecule has 0 spiro atoms. The molecule has 15 heavy (non-hydrogen) atoms. The van der Waals surface area contributed by atoms with Crippen LogP contribution in [0, 0.1) is 5.92 Å². The van der Waals surface area contributed by atoms with Crippen molar-refractivity contribution < 1.29 is 0 Å². The second kappa shape index (κ2) is 4.42. The number of nitrogens with one attached hydrogen (secondary N) is 1. The Morgan fingerprint density at radius 1 is 1.07 bits per heavy atom. The minimum atomic E-state index is 0.865. The quantitative estimate of drug-likeness (QED) is 0.718. The maximum Gasteiger partial charge on any atom is 0.0221 e. The third-order valence-electron chi connectivity index (χ3n) is 4.24. The molecule has 1 aliphatic heterocycles. The molecule has 0 aromatic carbocycles. The van der Waals surface area contributed by atoms with Gasteiger partial charge in [-0.3, -0.25) is 4.90 Å². The molecule has 2 saturated carbocycles. The minimum Gasteiger partial charge on any atom is -0.312 e. The van der Waals surface area contributed by atoms with Crippen LogP contribution >= 0.6 is 0 Å². The summed E-state index contributed by atoms with van der Waals surface area (Å²) in [6.45, 7) is 4.00. The van der Waals surface area contributed by atoms with Gasteiger partial charge in [-0.1, -0.05) is 12.8 Å². The SMILES string of the molecule is C1CC(CNC2CC2)N(CCC2CC2)C1. The van der Waals surface area contributed by atoms with Crippen LogP contribution < -0.4 is 5.32 Å². The molecule has 2 nitrogen and oxygen atoms in total. The lowest BCUT2D eigenvalue weighted by atomic mass is 10.2. The molecule has 1 saturated heterocycles. The molecule has 0 amide bonds. The molecule has 2 aliphatic carbocycles. The predicted octanol–water partition coefficient (Wildman–Crippen LogP) is 2.00. The molecule has 3 aliphatic rings. The second-order valence-corrected chi connectivity index (χ2v) is 5.75. The van der Waals surface area contributed by atoms with Gasteiger partial charge in [0.2, 0.25) is 0 Å². The average Bonchev–Trinajstić information content (AvgIpc) is 3.14. The number of likely N-dealkylation sites (tertiary alicyclic amines) is 1. The van der Waals surface area contributed by atoms with Gasteiger partial charge in [0.1, 0.15) is 0 Å². The molecule has 1 N–H and O–H groups in total. The third-order valence-corrected chi connectivity index (χ3v) is 4.24. The van der Waals surface area contributed by atoms with Gasteiger partial charge in [0.05, 0.1) is 0 Å². The molecule has 0 bridgehead atoms. The van der Waals surface area contributed by atoms with Gasteiger partial charge in [-0.25, -0.2) is 0 Å². The molecular formula is C13H24N2. The van der Waals surface area contributed by atoms with E-state index in [1.807, 2.05) is 0 Å². The monoisotopic (exact) mass is 208 g/mol. The molecule has 1 heterocycles. The van der Waals surface area contributed by atoms with Gasteiger partial charge in [-0.05, 0) is 51.1 Å². The van der Waals surface area contributed by atoms with Crippen molar-refractivity contribution >= 4 is 0 Å². The summed E-state index contributed by atoms with van der Waals surface area (Å²) >= 11 is 0. The zero-order valence-electron chi connectivity index (χ0n) is 9.75. The Hall–Kier alpha value is -0.0800. The summed E-state index contributed by atoms with van der Waals surface area (Å²) in [5.41, 5.74) is 0. The number of nitrogens with zero attached hydrogens (tertiary/aromatic N) is 1. The Labute approximate surface area is 93.4 Å². The molecule has 1 unspecified atom stereocenters. The van der Waals surface area contributed by atoms with E-state index in [4.69, 9.17) is 0 Å². The molecule has 0 radical (unpaired) electrons. The van der Waals surface area contributed by atoms with Gasteiger partial charge in [-0.15, -0.1) is 0 Å². The molecule has 1 atom stereocenters. The van der Waals surface area contributed by atoms with E-state index >= 15 is 0 Å². The molecule has 86 valence electrons. The van der Waals surface area contributed by atoms with Gasteiger partial charge < -0.3 is 5.32 Å². The predicted molar refractivity (Wildman–Crippen MR) is 63.0 cm³/mol. The van der Waals surface area contributed by atoms with Crippen LogP contribution in [-0.4, -0.2) is 36.6 Å². The number of hydrogen-bond donors (Lipinski definition) is 1. The van der Waals surface area contributed by atoms with Crippen LogP contribution in [0.2, 0.25) is 0 Å². The molecule has 3 rings (SSSR count). The van der Waals surface area contributed by atoms with Gasteiger partial charge in [0.15, 0.2) is 0 Å². The van der Waals surface area contributed by atoms with Crippen LogP contribution in [0.4, 0.5) is 0 Å². The number of hydrogen-bond acceptors (Lipinski definition) is 2. The highest BCUT2D eigenvalue weighted by Crippen LogP contribution is 2.33. The fourth-order valence-electron chi connectivity index (χ4n) is 2.77. The Balaban J connectivity index is 1.38. The van der Waals surface area contributed by atoms with Gasteiger partial charge in [-0.2, -0.15) is 0 Å². The third kappa shape index (κ3) is 2.94. The van der Waals surface area contributed by atoms with E-state index in [1.165, 1.54) is 64.6 Å². The first-order valence-electron chi connectivity index (χ1n) is 6.89. The van der Waals surface area contributed by atoms with Crippen molar-refractivity contribution in [3.05, 3.63) is 0 Å². The molecule has 0 aromatic rings. The zero-order valence-corrected chi connectivity index (χ0v) is 9.75. The van der Waals surface area contributed by atoms with Crippen LogP contribution in [0.25, 0.3) is 0 Å². The summed E-state index contributed by atoms with van der Waals surface area (Å²) in [7, 11) is 0. The van der Waals surface area contributed by atoms with Crippen molar-refractivity contribution in [2.24, 2.45) is 5.92 Å². The van der Waals surface area contributed by atoms with E-state index in [0.717, 1.165) is 18.0 Å². The van der Waals surface area contributed by atoms with E-state index in [0.29, 0.717) is 0 Å². The fraction of sp³-hybridized carbons (Fsp3) is 1.00. The lowest BCUT2D eigenvalue weighted by Gasteiger charge is -2.24. The van der Waals surface area contributed by atoms with Crippen LogP contribution in [0.1, 0.15) is 44.9 Å². The van der Waals surface area contributed by atoms with E-state index in [1.54, 1.807) is 0 Å². The maximum absolute atomic E-state index is 3.69. The lowest BCUT2D eigenvalue weighted by Crippen LogP contribution is -2.39. The smallest absolute Gasteiger partial charge is 0.0221 e. The largest absolute Gasteiger partial charge is 0.312 e. The van der Waals surface area contributed by atoms with E-state index in [-0.39, 0.29) is 0 Å². The molecule has 3 fully saturated rings. The van der Waals surface area contributed by atoms with Crippen LogP contribution in [0.5, 0.6) is 0 Å². The van der Waals surface area contributed by atoms with E-state index in [2.05, 4.69) is 10.2 Å². The van der Waals surface area contributed by atoms with Gasteiger partial charge in [0.25, 0.3) is 0 Å². The first kappa shape index (κ1) is 10.1. The minimum absolute atomic E-state index is 0.865. The number of rotatable bonds is 6. The fourth-order valence-corrected chi connectivity index (χ4v) is 2.77. The average molecular weight is 208 g/mol. The van der Waals surface area contributed by atoms with E-state index in [9.17, 15) is 0 Å². The Kier molecular flexibility index (Phi) is 2.98. The topological polar surface area (TPSA) is 15.3 Å². The van der Waals surface area contributed by atoms with Crippen molar-refractivity contribution in [1.82, 2.24) is 10.2 Å². The van der Waals surface area contributed by atoms with E-state index < -0.39 is 0 Å². The summed E-state index contributed by atoms with van der Waals surface area (Å²) in [4.78, 5) is 2.74. The highest BCUT2D eigenvalue weighted by molar-refractivity contribution is 4.87. The molecule has 2 heteroatoms. The zero-order chi connectivity index (χ0) is 10.1. The van der Waals surface area contributed by atoms with Crippen LogP contribution in [0.3, 0.4) is 0 Å². The maximum atomic E-state index is 3.69. The van der Waals surface area contributed by atoms with Crippen molar-refractivity contribution in [3.63, 3.8) is 0 Å². The summed E-state index contributed by atoms with van der Waals surface area (Å²) < 4.78 is 0. The summed E-state index contributed by atoms with van der Waals surface area (Å²) in [6, 6.07) is 1.75. The standard InChI is InChI=1S/C13H24N2/c1-2-13(10-14-12-5-6-12)15(8-1)9-7-11-3-4-11/h11-14H,1-10H2. The highest BCUT2D eigenvalue weighted by atomic mass is 15.2. The Bertz CT molecular complexity index is 187. The van der Waals surface area contributed by atoms with Crippen LogP contribution in [0.15, 0.2) is 0 Å². The normalized spacial score (nSPS) is 32.4. The van der Waals surface area contributed by atoms with Crippen LogP contribution in [-0.2, 0) is 0 Å². The van der Waals surface area contributed by atoms with Crippen molar-refractivity contribution in [3.8, 4) is 0 Å². The first-order valence-corrected chi connectivity index (χ1v) is 6.89. The van der Waals surface area contributed by atoms with Crippen molar-refractivity contribution in [2.45, 2.75) is 57.0 Å². The second-order valence-electron chi connectivity index (χ2n) is 5.75. The summed E-state index contributed by atoms with van der Waals surface area (Å²) in [5, 5.41) is 3.69. The Morgan fingerprint density at radius 3 is 2.67 bits per heavy atom. The highest BCUT2D eigenvalue weighted by Gasteiger charge is 2.29. The summed E-state index contributed by atoms with van der Waals surface area (Å²) in [5.74, 6) is 1.10. The Morgan fingerprint density at radius 2 is 1.93 bits per heavy atom. The molecular weight excluding hydrogens is 184 g/mol. The van der Waals surface area contributed by atoms with Gasteiger partial charge in [0, 0.05) is 18.6 Å². The summed E-state index contributed by atoms with van der Waals surface area (Å²) in [6.07, 6.45) is 10.2. The van der Waals surface area contributed by atoms with Crippen molar-refractivity contribution in [1.29, 1.82) is 0 Å². The first-order chi connectivity index (χ1) is 7.42. The van der Waals surface area contributed by atoms with Crippen molar-refractivity contribution in [2.75, 3.05) is 19.6 Å². The lowest BCUT2D eigenvalue weighted by molar-refractivity contribution is 0.240.